The van der Waals surface area contributed by atoms with Crippen LogP contribution >= 0.6 is 0 Å². The van der Waals surface area contributed by atoms with E-state index in [0.717, 1.165) is 5.69 Å². The topological polar surface area (TPSA) is 96.7 Å². The van der Waals surface area contributed by atoms with Crippen LogP contribution in [-0.2, 0) is 16.1 Å². The fourth-order valence-corrected chi connectivity index (χ4v) is 3.03. The van der Waals surface area contributed by atoms with E-state index >= 15 is 0 Å². The molecule has 1 unspecified atom stereocenters. The summed E-state index contributed by atoms with van der Waals surface area (Å²) in [6, 6.07) is 5.10. The van der Waals surface area contributed by atoms with E-state index in [2.05, 4.69) is 0 Å². The number of hydrogen-bond donors (Lipinski definition) is 1. The van der Waals surface area contributed by atoms with Gasteiger partial charge >= 0.3 is 5.97 Å². The predicted octanol–water partition coefficient (Wildman–Crippen LogP) is 1.64. The Labute approximate surface area is 138 Å². The van der Waals surface area contributed by atoms with E-state index in [4.69, 9.17) is 19.6 Å². The lowest BCUT2D eigenvalue weighted by Gasteiger charge is -2.27. The molecule has 3 heterocycles. The Bertz CT molecular complexity index is 877. The third kappa shape index (κ3) is 2.29. The molecule has 0 aliphatic carbocycles. The van der Waals surface area contributed by atoms with Gasteiger partial charge in [0.25, 0.3) is 5.56 Å². The molecule has 0 radical (unpaired) electrons. The van der Waals surface area contributed by atoms with Crippen LogP contribution < -0.4 is 16.0 Å². The Morgan fingerprint density at radius 2 is 2.21 bits per heavy atom. The number of nitrogens with zero attached hydrogens (tertiary/aromatic N) is 1. The van der Waals surface area contributed by atoms with Gasteiger partial charge in [0.2, 0.25) is 5.88 Å². The van der Waals surface area contributed by atoms with Crippen molar-refractivity contribution in [2.24, 2.45) is 5.73 Å². The second-order valence-corrected chi connectivity index (χ2v) is 5.43. The minimum Gasteiger partial charge on any atom is -0.468 e. The first kappa shape index (κ1) is 15.9. The van der Waals surface area contributed by atoms with Crippen LogP contribution in [0, 0.1) is 6.92 Å². The standard InChI is InChI=1S/C17H18N2O5/c1-4-19-9(2)8-11-13(16(19)20)12(10-6-5-7-23-10)14(15(18)24-11)17(21)22-3/h5-8,12H,4,18H2,1-3H3. The maximum absolute atomic E-state index is 13.0. The summed E-state index contributed by atoms with van der Waals surface area (Å²) in [5, 5.41) is 0. The molecular weight excluding hydrogens is 312 g/mol. The van der Waals surface area contributed by atoms with E-state index in [0.29, 0.717) is 23.6 Å². The second kappa shape index (κ2) is 5.92. The van der Waals surface area contributed by atoms with Crippen LogP contribution in [0.5, 0.6) is 5.75 Å². The fraction of sp³-hybridized carbons (Fsp3) is 0.294. The molecule has 0 saturated carbocycles. The summed E-state index contributed by atoms with van der Waals surface area (Å²) in [4.78, 5) is 25.2. The minimum atomic E-state index is -0.776. The van der Waals surface area contributed by atoms with E-state index in [1.54, 1.807) is 22.8 Å². The van der Waals surface area contributed by atoms with Crippen molar-refractivity contribution in [1.82, 2.24) is 4.57 Å². The van der Waals surface area contributed by atoms with Gasteiger partial charge in [-0.3, -0.25) is 4.79 Å². The molecule has 0 amide bonds. The Morgan fingerprint density at radius 3 is 2.79 bits per heavy atom. The summed E-state index contributed by atoms with van der Waals surface area (Å²) in [5.41, 5.74) is 6.81. The number of furan rings is 1. The molecule has 1 atom stereocenters. The normalized spacial score (nSPS) is 16.5. The quantitative estimate of drug-likeness (QED) is 0.859. The van der Waals surface area contributed by atoms with Crippen LogP contribution in [0.1, 0.15) is 29.9 Å². The average Bonchev–Trinajstić information content (AvgIpc) is 3.07. The molecule has 7 nitrogen and oxygen atoms in total. The van der Waals surface area contributed by atoms with Crippen molar-refractivity contribution >= 4 is 5.97 Å². The average molecular weight is 330 g/mol. The zero-order valence-corrected chi connectivity index (χ0v) is 13.7. The number of methoxy groups -OCH3 is 1. The number of hydrogen-bond acceptors (Lipinski definition) is 6. The van der Waals surface area contributed by atoms with Crippen LogP contribution in [0.15, 0.2) is 45.1 Å². The zero-order chi connectivity index (χ0) is 17.4. The summed E-state index contributed by atoms with van der Waals surface area (Å²) in [6.45, 7) is 4.18. The summed E-state index contributed by atoms with van der Waals surface area (Å²) in [7, 11) is 1.25. The van der Waals surface area contributed by atoms with Gasteiger partial charge in [0, 0.05) is 18.3 Å². The molecular formula is C17H18N2O5. The van der Waals surface area contributed by atoms with Crippen molar-refractivity contribution in [3.05, 3.63) is 63.3 Å². The smallest absolute Gasteiger partial charge is 0.340 e. The molecule has 2 aromatic heterocycles. The summed E-state index contributed by atoms with van der Waals surface area (Å²) in [6.07, 6.45) is 1.47. The van der Waals surface area contributed by atoms with Crippen molar-refractivity contribution in [3.8, 4) is 5.75 Å². The molecule has 0 fully saturated rings. The largest absolute Gasteiger partial charge is 0.468 e. The summed E-state index contributed by atoms with van der Waals surface area (Å²) >= 11 is 0. The Balaban J connectivity index is 2.33. The van der Waals surface area contributed by atoms with E-state index < -0.39 is 11.9 Å². The van der Waals surface area contributed by atoms with Gasteiger partial charge in [0.05, 0.1) is 24.9 Å². The number of carbonyl (C=O) groups is 1. The van der Waals surface area contributed by atoms with Gasteiger partial charge in [-0.25, -0.2) is 4.79 Å². The van der Waals surface area contributed by atoms with Gasteiger partial charge < -0.3 is 24.2 Å². The number of esters is 1. The molecule has 2 aromatic rings. The van der Waals surface area contributed by atoms with E-state index in [1.807, 2.05) is 13.8 Å². The van der Waals surface area contributed by atoms with Gasteiger partial charge in [0.1, 0.15) is 17.1 Å². The molecule has 24 heavy (non-hydrogen) atoms. The third-order valence-corrected chi connectivity index (χ3v) is 4.12. The number of nitrogens with two attached hydrogens (primary N) is 1. The summed E-state index contributed by atoms with van der Waals surface area (Å²) in [5.74, 6) is -0.784. The van der Waals surface area contributed by atoms with Crippen molar-refractivity contribution in [3.63, 3.8) is 0 Å². The molecule has 0 bridgehead atoms. The SMILES string of the molecule is CCn1c(C)cc2c(c1=O)C(c1ccco1)C(C(=O)OC)=C(N)O2. The first-order chi connectivity index (χ1) is 11.5. The fourth-order valence-electron chi connectivity index (χ4n) is 3.03. The van der Waals surface area contributed by atoms with Crippen molar-refractivity contribution in [2.45, 2.75) is 26.3 Å². The molecule has 0 aromatic carbocycles. The molecule has 7 heteroatoms. The Kier molecular flexibility index (Phi) is 3.92. The maximum atomic E-state index is 13.0. The van der Waals surface area contributed by atoms with Gasteiger partial charge in [-0.15, -0.1) is 0 Å². The first-order valence-electron chi connectivity index (χ1n) is 7.53. The van der Waals surface area contributed by atoms with Crippen LogP contribution in [0.2, 0.25) is 0 Å². The molecule has 2 N–H and O–H groups in total. The molecule has 0 saturated heterocycles. The predicted molar refractivity (Wildman–Crippen MR) is 85.5 cm³/mol. The maximum Gasteiger partial charge on any atom is 0.340 e. The Morgan fingerprint density at radius 1 is 1.46 bits per heavy atom. The van der Waals surface area contributed by atoms with Crippen LogP contribution in [0.3, 0.4) is 0 Å². The second-order valence-electron chi connectivity index (χ2n) is 5.43. The number of aryl methyl sites for hydroxylation is 1. The monoisotopic (exact) mass is 330 g/mol. The molecule has 126 valence electrons. The highest BCUT2D eigenvalue weighted by Gasteiger charge is 2.39. The number of carbonyl (C=O) groups excluding carboxylic acids is 1. The highest BCUT2D eigenvalue weighted by atomic mass is 16.5. The van der Waals surface area contributed by atoms with Crippen LogP contribution in [-0.4, -0.2) is 17.6 Å². The highest BCUT2D eigenvalue weighted by molar-refractivity contribution is 5.92. The number of aromatic nitrogens is 1. The van der Waals surface area contributed by atoms with Crippen LogP contribution in [0.4, 0.5) is 0 Å². The van der Waals surface area contributed by atoms with E-state index in [1.165, 1.54) is 13.4 Å². The van der Waals surface area contributed by atoms with Gasteiger partial charge in [0.15, 0.2) is 0 Å². The van der Waals surface area contributed by atoms with Crippen LogP contribution in [0.25, 0.3) is 0 Å². The van der Waals surface area contributed by atoms with E-state index in [-0.39, 0.29) is 17.0 Å². The van der Waals surface area contributed by atoms with Crippen molar-refractivity contribution in [2.75, 3.05) is 7.11 Å². The van der Waals surface area contributed by atoms with Gasteiger partial charge in [-0.1, -0.05) is 0 Å². The van der Waals surface area contributed by atoms with E-state index in [9.17, 15) is 9.59 Å². The molecule has 3 rings (SSSR count). The Hall–Kier alpha value is -2.96. The number of fused-ring (bicyclic) bond motifs is 1. The minimum absolute atomic E-state index is 0.0588. The molecule has 1 aliphatic heterocycles. The van der Waals surface area contributed by atoms with Gasteiger partial charge in [-0.2, -0.15) is 0 Å². The van der Waals surface area contributed by atoms with Crippen molar-refractivity contribution in [1.29, 1.82) is 0 Å². The zero-order valence-electron chi connectivity index (χ0n) is 13.7. The lowest BCUT2D eigenvalue weighted by Crippen LogP contribution is -2.34. The molecule has 0 spiro atoms. The van der Waals surface area contributed by atoms with Crippen molar-refractivity contribution < 1.29 is 18.7 Å². The number of ether oxygens (including phenoxy) is 2. The summed E-state index contributed by atoms with van der Waals surface area (Å²) < 4.78 is 17.4. The lowest BCUT2D eigenvalue weighted by molar-refractivity contribution is -0.136. The molecule has 1 aliphatic rings. The third-order valence-electron chi connectivity index (χ3n) is 4.12. The van der Waals surface area contributed by atoms with Gasteiger partial charge in [-0.05, 0) is 26.0 Å². The number of rotatable bonds is 3. The number of pyridine rings is 1. The first-order valence-corrected chi connectivity index (χ1v) is 7.53. The highest BCUT2D eigenvalue weighted by Crippen LogP contribution is 2.41. The lowest BCUT2D eigenvalue weighted by atomic mass is 9.87.